The van der Waals surface area contributed by atoms with Crippen LogP contribution in [-0.4, -0.2) is 24.7 Å². The van der Waals surface area contributed by atoms with Crippen molar-refractivity contribution in [1.82, 2.24) is 18.7 Å². The summed E-state index contributed by atoms with van der Waals surface area (Å²) in [4.78, 5) is 39.1. The van der Waals surface area contributed by atoms with Crippen molar-refractivity contribution in [2.45, 2.75) is 13.1 Å². The Hall–Kier alpha value is -4.17. The van der Waals surface area contributed by atoms with E-state index in [4.69, 9.17) is 11.6 Å². The maximum Gasteiger partial charge on any atom is 0.352 e. The van der Waals surface area contributed by atoms with Gasteiger partial charge >= 0.3 is 5.69 Å². The first-order chi connectivity index (χ1) is 16.0. The molecular formula is C24H18ClN5O3. The van der Waals surface area contributed by atoms with Crippen molar-refractivity contribution in [3.05, 3.63) is 110 Å². The molecule has 9 heteroatoms. The molecule has 0 unspecified atom stereocenters. The Kier molecular flexibility index (Phi) is 5.27. The number of hydrogen-bond donors (Lipinski definition) is 1. The van der Waals surface area contributed by atoms with Gasteiger partial charge in [0.15, 0.2) is 0 Å². The van der Waals surface area contributed by atoms with E-state index < -0.39 is 11.6 Å². The molecular weight excluding hydrogens is 442 g/mol. The summed E-state index contributed by atoms with van der Waals surface area (Å²) in [5.74, 6) is -0.271. The van der Waals surface area contributed by atoms with Crippen LogP contribution in [0, 0.1) is 0 Å². The van der Waals surface area contributed by atoms with E-state index in [1.54, 1.807) is 48.5 Å². The first-order valence-corrected chi connectivity index (χ1v) is 10.6. The van der Waals surface area contributed by atoms with Gasteiger partial charge in [0.25, 0.3) is 5.56 Å². The lowest BCUT2D eigenvalue weighted by Crippen LogP contribution is -2.29. The average molecular weight is 460 g/mol. The molecule has 0 radical (unpaired) electrons. The highest BCUT2D eigenvalue weighted by Gasteiger charge is 2.19. The number of anilines is 1. The summed E-state index contributed by atoms with van der Waals surface area (Å²) >= 11 is 5.97. The molecule has 1 N–H and O–H groups in total. The summed E-state index contributed by atoms with van der Waals surface area (Å²) < 4.78 is 3.87. The number of fused-ring (bicyclic) bond motifs is 3. The number of carbonyl (C=O) groups excluding carboxylic acids is 1. The molecule has 164 valence electrons. The van der Waals surface area contributed by atoms with Crippen molar-refractivity contribution in [3.63, 3.8) is 0 Å². The lowest BCUT2D eigenvalue weighted by Gasteiger charge is -2.09. The molecule has 5 rings (SSSR count). The van der Waals surface area contributed by atoms with Gasteiger partial charge in [0, 0.05) is 10.7 Å². The summed E-state index contributed by atoms with van der Waals surface area (Å²) in [5, 5.41) is 7.94. The smallest absolute Gasteiger partial charge is 0.324 e. The Morgan fingerprint density at radius 3 is 2.48 bits per heavy atom. The van der Waals surface area contributed by atoms with Crippen LogP contribution in [-0.2, 0) is 17.9 Å². The van der Waals surface area contributed by atoms with Gasteiger partial charge in [-0.1, -0.05) is 60.1 Å². The quantitative estimate of drug-likeness (QED) is 0.437. The molecule has 8 nitrogen and oxygen atoms in total. The van der Waals surface area contributed by atoms with Crippen LogP contribution in [0.1, 0.15) is 5.56 Å². The van der Waals surface area contributed by atoms with Gasteiger partial charge in [-0.3, -0.25) is 14.2 Å². The largest absolute Gasteiger partial charge is 0.352 e. The van der Waals surface area contributed by atoms with Crippen LogP contribution in [0.3, 0.4) is 0 Å². The SMILES string of the molecule is O=C(Cn1nc2n(Cc3ccccc3)c(=O)c3ccccc3n2c1=O)Nc1cccc(Cl)c1. The van der Waals surface area contributed by atoms with E-state index in [9.17, 15) is 14.4 Å². The highest BCUT2D eigenvalue weighted by atomic mass is 35.5. The first kappa shape index (κ1) is 20.7. The number of benzene rings is 3. The summed E-state index contributed by atoms with van der Waals surface area (Å²) in [6.07, 6.45) is 0. The minimum Gasteiger partial charge on any atom is -0.324 e. The molecule has 33 heavy (non-hydrogen) atoms. The fourth-order valence-electron chi connectivity index (χ4n) is 3.78. The van der Waals surface area contributed by atoms with Crippen molar-refractivity contribution < 1.29 is 4.79 Å². The highest BCUT2D eigenvalue weighted by molar-refractivity contribution is 6.30. The molecule has 2 heterocycles. The van der Waals surface area contributed by atoms with Crippen LogP contribution in [0.4, 0.5) is 5.69 Å². The average Bonchev–Trinajstić information content (AvgIpc) is 3.13. The lowest BCUT2D eigenvalue weighted by atomic mass is 10.2. The van der Waals surface area contributed by atoms with Crippen LogP contribution in [0.5, 0.6) is 0 Å². The predicted octanol–water partition coefficient (Wildman–Crippen LogP) is 3.15. The zero-order chi connectivity index (χ0) is 22.9. The minimum atomic E-state index is -0.510. The van der Waals surface area contributed by atoms with Crippen molar-refractivity contribution >= 4 is 39.9 Å². The van der Waals surface area contributed by atoms with Crippen LogP contribution in [0.2, 0.25) is 5.02 Å². The van der Waals surface area contributed by atoms with E-state index in [1.807, 2.05) is 30.3 Å². The van der Waals surface area contributed by atoms with Gasteiger partial charge in [0.2, 0.25) is 11.7 Å². The summed E-state index contributed by atoms with van der Waals surface area (Å²) in [5.41, 5.74) is 1.06. The number of nitrogens with zero attached hydrogens (tertiary/aromatic N) is 4. The molecule has 0 aliphatic rings. The molecule has 1 amide bonds. The van der Waals surface area contributed by atoms with Crippen molar-refractivity contribution in [2.24, 2.45) is 0 Å². The van der Waals surface area contributed by atoms with Crippen LogP contribution in [0.25, 0.3) is 16.7 Å². The summed E-state index contributed by atoms with van der Waals surface area (Å²) in [7, 11) is 0. The topological polar surface area (TPSA) is 90.4 Å². The maximum atomic E-state index is 13.3. The number of aromatic nitrogens is 4. The number of para-hydroxylation sites is 1. The highest BCUT2D eigenvalue weighted by Crippen LogP contribution is 2.15. The van der Waals surface area contributed by atoms with Crippen molar-refractivity contribution in [3.8, 4) is 0 Å². The molecule has 0 spiro atoms. The lowest BCUT2D eigenvalue weighted by molar-refractivity contribution is -0.117. The maximum absolute atomic E-state index is 13.3. The zero-order valence-corrected chi connectivity index (χ0v) is 18.1. The standard InChI is InChI=1S/C24H18ClN5O3/c25-17-9-6-10-18(13-17)26-21(31)15-29-24(33)30-20-12-5-4-11-19(20)22(32)28(23(30)27-29)14-16-7-2-1-3-8-16/h1-13H,14-15H2,(H,26,31). The second-order valence-electron chi connectivity index (χ2n) is 7.53. The second-order valence-corrected chi connectivity index (χ2v) is 7.96. The molecule has 0 atom stereocenters. The van der Waals surface area contributed by atoms with E-state index in [2.05, 4.69) is 10.4 Å². The summed E-state index contributed by atoms with van der Waals surface area (Å²) in [6.45, 7) is -0.0833. The monoisotopic (exact) mass is 459 g/mol. The third-order valence-electron chi connectivity index (χ3n) is 5.27. The molecule has 0 aliphatic heterocycles. The Morgan fingerprint density at radius 2 is 1.70 bits per heavy atom. The van der Waals surface area contributed by atoms with Gasteiger partial charge in [-0.05, 0) is 35.9 Å². The van der Waals surface area contributed by atoms with E-state index in [1.165, 1.54) is 8.97 Å². The van der Waals surface area contributed by atoms with Gasteiger partial charge in [-0.15, -0.1) is 5.10 Å². The normalized spacial score (nSPS) is 11.2. The van der Waals surface area contributed by atoms with E-state index in [0.29, 0.717) is 21.6 Å². The number of carbonyl (C=O) groups is 1. The van der Waals surface area contributed by atoms with Gasteiger partial charge < -0.3 is 5.32 Å². The fourth-order valence-corrected chi connectivity index (χ4v) is 3.97. The fraction of sp³-hybridized carbons (Fsp3) is 0.0833. The van der Waals surface area contributed by atoms with Gasteiger partial charge in [-0.2, -0.15) is 0 Å². The zero-order valence-electron chi connectivity index (χ0n) is 17.3. The Labute approximate surface area is 192 Å². The Morgan fingerprint density at radius 1 is 0.939 bits per heavy atom. The Bertz CT molecular complexity index is 1620. The first-order valence-electron chi connectivity index (χ1n) is 10.2. The van der Waals surface area contributed by atoms with E-state index in [-0.39, 0.29) is 24.4 Å². The van der Waals surface area contributed by atoms with Gasteiger partial charge in [-0.25, -0.2) is 13.9 Å². The number of nitrogens with one attached hydrogen (secondary N) is 1. The molecule has 3 aromatic carbocycles. The summed E-state index contributed by atoms with van der Waals surface area (Å²) in [6, 6.07) is 23.0. The molecule has 0 fully saturated rings. The number of amides is 1. The van der Waals surface area contributed by atoms with Gasteiger partial charge in [0.1, 0.15) is 6.54 Å². The van der Waals surface area contributed by atoms with E-state index >= 15 is 0 Å². The van der Waals surface area contributed by atoms with Gasteiger partial charge in [0.05, 0.1) is 17.4 Å². The van der Waals surface area contributed by atoms with Crippen LogP contribution < -0.4 is 16.6 Å². The number of hydrogen-bond acceptors (Lipinski definition) is 4. The number of halogens is 1. The molecule has 0 saturated heterocycles. The number of rotatable bonds is 5. The molecule has 0 aliphatic carbocycles. The Balaban J connectivity index is 1.61. The van der Waals surface area contributed by atoms with E-state index in [0.717, 1.165) is 10.2 Å². The minimum absolute atomic E-state index is 0.170. The second kappa shape index (κ2) is 8.40. The third-order valence-corrected chi connectivity index (χ3v) is 5.50. The third kappa shape index (κ3) is 3.92. The predicted molar refractivity (Wildman–Crippen MR) is 127 cm³/mol. The molecule has 5 aromatic rings. The van der Waals surface area contributed by atoms with Crippen LogP contribution in [0.15, 0.2) is 88.5 Å². The van der Waals surface area contributed by atoms with Crippen molar-refractivity contribution in [2.75, 3.05) is 5.32 Å². The van der Waals surface area contributed by atoms with Crippen molar-refractivity contribution in [1.29, 1.82) is 0 Å². The molecule has 2 aromatic heterocycles. The van der Waals surface area contributed by atoms with Crippen LogP contribution >= 0.6 is 11.6 Å². The molecule has 0 saturated carbocycles. The molecule has 0 bridgehead atoms.